The van der Waals surface area contributed by atoms with Crippen LogP contribution in [0.2, 0.25) is 0 Å². The molecule has 12 nitrogen and oxygen atoms in total. The van der Waals surface area contributed by atoms with Crippen molar-refractivity contribution >= 4 is 21.9 Å². The van der Waals surface area contributed by atoms with Gasteiger partial charge in [0, 0.05) is 44.1 Å². The lowest BCUT2D eigenvalue weighted by molar-refractivity contribution is -0.0152. The van der Waals surface area contributed by atoms with Crippen molar-refractivity contribution in [3.63, 3.8) is 0 Å². The number of esters is 1. The minimum absolute atomic E-state index is 0.0263. The molecule has 0 radical (unpaired) electrons. The second kappa shape index (κ2) is 11.7. The Hall–Kier alpha value is -2.84. The normalized spacial score (nSPS) is 20.1. The van der Waals surface area contributed by atoms with E-state index in [1.54, 1.807) is 12.1 Å². The summed E-state index contributed by atoms with van der Waals surface area (Å²) < 4.78 is 42.6. The molecular weight excluding hydrogens is 502 g/mol. The second-order valence-corrected chi connectivity index (χ2v) is 11.1. The van der Waals surface area contributed by atoms with E-state index >= 15 is 0 Å². The number of nitrogens with one attached hydrogen (secondary N) is 2. The second-order valence-electron chi connectivity index (χ2n) is 9.20. The molecule has 0 aliphatic carbocycles. The van der Waals surface area contributed by atoms with Gasteiger partial charge in [-0.05, 0) is 38.4 Å². The van der Waals surface area contributed by atoms with Crippen LogP contribution in [0.15, 0.2) is 41.6 Å². The Morgan fingerprint density at radius 1 is 1.30 bits per heavy atom. The van der Waals surface area contributed by atoms with Crippen molar-refractivity contribution in [2.24, 2.45) is 0 Å². The van der Waals surface area contributed by atoms with Crippen molar-refractivity contribution in [2.75, 3.05) is 51.9 Å². The zero-order valence-corrected chi connectivity index (χ0v) is 21.7. The Morgan fingerprint density at radius 3 is 2.70 bits per heavy atom. The van der Waals surface area contributed by atoms with Gasteiger partial charge in [-0.2, -0.15) is 0 Å². The van der Waals surface area contributed by atoms with Gasteiger partial charge in [-0.25, -0.2) is 27.9 Å². The third kappa shape index (κ3) is 6.73. The molecule has 1 aromatic heterocycles. The summed E-state index contributed by atoms with van der Waals surface area (Å²) in [5, 5.41) is 13.7. The molecule has 0 bridgehead atoms. The van der Waals surface area contributed by atoms with Crippen molar-refractivity contribution < 1.29 is 32.5 Å². The molecule has 37 heavy (non-hydrogen) atoms. The van der Waals surface area contributed by atoms with Gasteiger partial charge in [0.15, 0.2) is 0 Å². The lowest BCUT2D eigenvalue weighted by atomic mass is 9.87. The van der Waals surface area contributed by atoms with E-state index in [1.807, 2.05) is 0 Å². The molecule has 0 amide bonds. The number of hydrogen-bond donors (Lipinski definition) is 3. The van der Waals surface area contributed by atoms with E-state index in [9.17, 15) is 18.3 Å². The molecule has 0 saturated carbocycles. The van der Waals surface area contributed by atoms with E-state index in [-0.39, 0.29) is 23.1 Å². The SMILES string of the molecule is CNS(=O)(=O)c1cccc(OCC(O)CNC2COC3(CCN(c4ncc(C(=O)OC)cn4)CC3)C2)c1. The number of rotatable bonds is 10. The maximum atomic E-state index is 11.9. The van der Waals surface area contributed by atoms with Crippen LogP contribution < -0.4 is 19.7 Å². The third-order valence-electron chi connectivity index (χ3n) is 6.70. The molecule has 13 heteroatoms. The van der Waals surface area contributed by atoms with E-state index in [4.69, 9.17) is 9.47 Å². The number of methoxy groups -OCH3 is 1. The minimum Gasteiger partial charge on any atom is -0.491 e. The average molecular weight is 536 g/mol. The van der Waals surface area contributed by atoms with E-state index in [0.717, 1.165) is 32.4 Å². The number of carbonyl (C=O) groups is 1. The van der Waals surface area contributed by atoms with Crippen LogP contribution in [0.25, 0.3) is 0 Å². The van der Waals surface area contributed by atoms with Crippen LogP contribution in [-0.4, -0.2) is 94.2 Å². The van der Waals surface area contributed by atoms with Crippen LogP contribution in [0.1, 0.15) is 29.6 Å². The van der Waals surface area contributed by atoms with Gasteiger partial charge in [0.05, 0.1) is 29.8 Å². The predicted octanol–water partition coefficient (Wildman–Crippen LogP) is 0.329. The maximum Gasteiger partial charge on any atom is 0.341 e. The largest absolute Gasteiger partial charge is 0.491 e. The number of aliphatic hydroxyl groups is 1. The first-order valence-electron chi connectivity index (χ1n) is 12.1. The first-order chi connectivity index (χ1) is 17.7. The molecule has 2 atom stereocenters. The summed E-state index contributed by atoms with van der Waals surface area (Å²) in [6.07, 6.45) is 4.66. The van der Waals surface area contributed by atoms with Gasteiger partial charge < -0.3 is 29.5 Å². The van der Waals surface area contributed by atoms with Crippen molar-refractivity contribution in [2.45, 2.75) is 41.9 Å². The molecule has 202 valence electrons. The highest BCUT2D eigenvalue weighted by Gasteiger charge is 2.43. The summed E-state index contributed by atoms with van der Waals surface area (Å²) in [6.45, 7) is 2.39. The first kappa shape index (κ1) is 27.2. The summed E-state index contributed by atoms with van der Waals surface area (Å²) in [5.41, 5.74) is 0.0940. The zero-order chi connectivity index (χ0) is 26.5. The molecule has 2 aliphatic heterocycles. The van der Waals surface area contributed by atoms with E-state index in [2.05, 4.69) is 29.6 Å². The fraction of sp³-hybridized carbons (Fsp3) is 0.542. The van der Waals surface area contributed by atoms with Crippen LogP contribution in [0.3, 0.4) is 0 Å². The number of sulfonamides is 1. The molecule has 3 heterocycles. The van der Waals surface area contributed by atoms with E-state index < -0.39 is 22.1 Å². The third-order valence-corrected chi connectivity index (χ3v) is 8.11. The molecule has 2 aliphatic rings. The number of anilines is 1. The first-order valence-corrected chi connectivity index (χ1v) is 13.6. The Kier molecular flexibility index (Phi) is 8.60. The summed E-state index contributed by atoms with van der Waals surface area (Å²) in [5.74, 6) is 0.481. The van der Waals surface area contributed by atoms with Crippen molar-refractivity contribution in [3.8, 4) is 5.75 Å². The molecule has 1 spiro atoms. The number of ether oxygens (including phenoxy) is 3. The number of piperidine rings is 1. The van der Waals surface area contributed by atoms with Gasteiger partial charge >= 0.3 is 5.97 Å². The fourth-order valence-electron chi connectivity index (χ4n) is 4.55. The Balaban J connectivity index is 1.20. The number of nitrogens with zero attached hydrogens (tertiary/aromatic N) is 3. The number of aromatic nitrogens is 2. The fourth-order valence-corrected chi connectivity index (χ4v) is 5.31. The monoisotopic (exact) mass is 535 g/mol. The van der Waals surface area contributed by atoms with Crippen LogP contribution in [-0.2, 0) is 19.5 Å². The average Bonchev–Trinajstić information content (AvgIpc) is 3.33. The Bertz CT molecular complexity index is 1170. The highest BCUT2D eigenvalue weighted by atomic mass is 32.2. The maximum absolute atomic E-state index is 11.9. The van der Waals surface area contributed by atoms with Gasteiger partial charge in [-0.3, -0.25) is 0 Å². The van der Waals surface area contributed by atoms with Gasteiger partial charge in [0.25, 0.3) is 0 Å². The minimum atomic E-state index is -3.57. The number of hydrogen-bond acceptors (Lipinski definition) is 11. The van der Waals surface area contributed by atoms with Gasteiger partial charge in [0.1, 0.15) is 18.5 Å². The number of aliphatic hydroxyl groups excluding tert-OH is 1. The smallest absolute Gasteiger partial charge is 0.341 e. The molecular formula is C24H33N5O7S. The van der Waals surface area contributed by atoms with E-state index in [0.29, 0.717) is 30.4 Å². The summed E-state index contributed by atoms with van der Waals surface area (Å²) in [7, 11) is -0.899. The molecule has 2 unspecified atom stereocenters. The Morgan fingerprint density at radius 2 is 2.03 bits per heavy atom. The van der Waals surface area contributed by atoms with Gasteiger partial charge in [0.2, 0.25) is 16.0 Å². The molecule has 2 saturated heterocycles. The standard InChI is InChI=1S/C24H33N5O7S/c1-25-37(32,33)21-5-3-4-20(10-21)35-16-19(30)14-26-18-11-24(36-15-18)6-8-29(9-7-24)23-27-12-17(13-28-23)22(31)34-2/h3-5,10,12-13,18-19,25-26,30H,6-9,11,14-16H2,1-2H3. The van der Waals surface area contributed by atoms with Crippen LogP contribution in [0, 0.1) is 0 Å². The lowest BCUT2D eigenvalue weighted by Gasteiger charge is -2.38. The molecule has 4 rings (SSSR count). The molecule has 3 N–H and O–H groups in total. The van der Waals surface area contributed by atoms with Crippen molar-refractivity contribution in [1.82, 2.24) is 20.0 Å². The zero-order valence-electron chi connectivity index (χ0n) is 20.9. The quantitative estimate of drug-likeness (QED) is 0.361. The van der Waals surface area contributed by atoms with Gasteiger partial charge in [-0.15, -0.1) is 0 Å². The van der Waals surface area contributed by atoms with E-state index in [1.165, 1.54) is 38.7 Å². The predicted molar refractivity (Wildman–Crippen MR) is 134 cm³/mol. The number of carbonyl (C=O) groups excluding carboxylic acids is 1. The highest BCUT2D eigenvalue weighted by Crippen LogP contribution is 2.36. The molecule has 2 fully saturated rings. The highest BCUT2D eigenvalue weighted by molar-refractivity contribution is 7.89. The van der Waals surface area contributed by atoms with Gasteiger partial charge in [-0.1, -0.05) is 6.07 Å². The van der Waals surface area contributed by atoms with Crippen LogP contribution >= 0.6 is 0 Å². The summed E-state index contributed by atoms with van der Waals surface area (Å²) in [6, 6.07) is 6.25. The molecule has 1 aromatic carbocycles. The van der Waals surface area contributed by atoms with Crippen LogP contribution in [0.4, 0.5) is 5.95 Å². The number of benzene rings is 1. The molecule has 2 aromatic rings. The lowest BCUT2D eigenvalue weighted by Crippen LogP contribution is -2.45. The van der Waals surface area contributed by atoms with Crippen LogP contribution in [0.5, 0.6) is 5.75 Å². The summed E-state index contributed by atoms with van der Waals surface area (Å²) in [4.78, 5) is 22.3. The van der Waals surface area contributed by atoms with Crippen molar-refractivity contribution in [1.29, 1.82) is 0 Å². The Labute approximate surface area is 216 Å². The van der Waals surface area contributed by atoms with Crippen molar-refractivity contribution in [3.05, 3.63) is 42.2 Å². The summed E-state index contributed by atoms with van der Waals surface area (Å²) >= 11 is 0. The topological polar surface area (TPSA) is 152 Å².